The first-order valence-electron chi connectivity index (χ1n) is 6.58. The summed E-state index contributed by atoms with van der Waals surface area (Å²) in [4.78, 5) is 14.1. The van der Waals surface area contributed by atoms with Gasteiger partial charge < -0.3 is 16.0 Å². The number of rotatable bonds is 2. The lowest BCUT2D eigenvalue weighted by molar-refractivity contribution is 0.0736. The molecule has 0 aromatic heterocycles. The van der Waals surface area contributed by atoms with Gasteiger partial charge in [0.25, 0.3) is 5.91 Å². The molecule has 0 unspecified atom stereocenters. The molecule has 4 nitrogen and oxygen atoms in total. The average molecular weight is 245 g/mol. The molecule has 3 rings (SSSR count). The van der Waals surface area contributed by atoms with Crippen LogP contribution in [0.3, 0.4) is 0 Å². The van der Waals surface area contributed by atoms with E-state index in [2.05, 4.69) is 5.32 Å². The second-order valence-electron chi connectivity index (χ2n) is 5.28. The highest BCUT2D eigenvalue weighted by molar-refractivity contribution is 5.94. The fourth-order valence-corrected chi connectivity index (χ4v) is 2.42. The van der Waals surface area contributed by atoms with Gasteiger partial charge in [-0.25, -0.2) is 0 Å². The van der Waals surface area contributed by atoms with E-state index in [9.17, 15) is 4.79 Å². The fourth-order valence-electron chi connectivity index (χ4n) is 2.42. The molecule has 0 radical (unpaired) electrons. The second kappa shape index (κ2) is 4.37. The van der Waals surface area contributed by atoms with E-state index in [0.717, 1.165) is 50.1 Å². The van der Waals surface area contributed by atoms with Crippen molar-refractivity contribution in [2.75, 3.05) is 26.2 Å². The van der Waals surface area contributed by atoms with Crippen LogP contribution in [0.25, 0.3) is 0 Å². The molecule has 4 heteroatoms. The molecule has 1 aromatic rings. The molecule has 2 aliphatic rings. The Hall–Kier alpha value is -1.39. The molecule has 1 heterocycles. The Labute approximate surface area is 107 Å². The summed E-state index contributed by atoms with van der Waals surface area (Å²) in [5, 5.41) is 3.25. The molecule has 1 aromatic carbocycles. The van der Waals surface area contributed by atoms with E-state index in [-0.39, 0.29) is 11.4 Å². The first kappa shape index (κ1) is 11.7. The third kappa shape index (κ3) is 2.13. The van der Waals surface area contributed by atoms with Crippen LogP contribution in [0.2, 0.25) is 0 Å². The third-order valence-corrected chi connectivity index (χ3v) is 3.90. The van der Waals surface area contributed by atoms with Crippen molar-refractivity contribution in [2.24, 2.45) is 5.73 Å². The fraction of sp³-hybridized carbons (Fsp3) is 0.500. The maximum absolute atomic E-state index is 12.2. The monoisotopic (exact) mass is 245 g/mol. The van der Waals surface area contributed by atoms with Crippen molar-refractivity contribution in [1.29, 1.82) is 0 Å². The van der Waals surface area contributed by atoms with Crippen molar-refractivity contribution in [3.63, 3.8) is 0 Å². The van der Waals surface area contributed by atoms with Gasteiger partial charge in [0.15, 0.2) is 0 Å². The number of hydrogen-bond acceptors (Lipinski definition) is 3. The van der Waals surface area contributed by atoms with Gasteiger partial charge in [0.2, 0.25) is 0 Å². The van der Waals surface area contributed by atoms with Crippen molar-refractivity contribution in [3.8, 4) is 0 Å². The van der Waals surface area contributed by atoms with Gasteiger partial charge in [0.05, 0.1) is 0 Å². The Morgan fingerprint density at radius 1 is 1.17 bits per heavy atom. The Kier molecular flexibility index (Phi) is 2.84. The van der Waals surface area contributed by atoms with E-state index in [4.69, 9.17) is 5.73 Å². The number of carbonyl (C=O) groups excluding carboxylic acids is 1. The summed E-state index contributed by atoms with van der Waals surface area (Å²) in [5.41, 5.74) is 7.94. The van der Waals surface area contributed by atoms with Crippen LogP contribution in [-0.4, -0.2) is 37.0 Å². The maximum atomic E-state index is 12.2. The number of nitrogens with two attached hydrogens (primary N) is 1. The molecule has 1 amide bonds. The number of amides is 1. The zero-order valence-corrected chi connectivity index (χ0v) is 10.5. The van der Waals surface area contributed by atoms with Crippen molar-refractivity contribution in [3.05, 3.63) is 35.4 Å². The first-order valence-corrected chi connectivity index (χ1v) is 6.58. The van der Waals surface area contributed by atoms with E-state index in [1.165, 1.54) is 0 Å². The highest BCUT2D eigenvalue weighted by Crippen LogP contribution is 2.42. The number of nitrogens with one attached hydrogen (secondary N) is 1. The zero-order chi connectivity index (χ0) is 12.6. The minimum absolute atomic E-state index is 0.114. The number of piperazine rings is 1. The molecular formula is C14H19N3O. The predicted octanol–water partition coefficient (Wildman–Crippen LogP) is 0.680. The van der Waals surface area contributed by atoms with Crippen LogP contribution in [0.15, 0.2) is 24.3 Å². The Morgan fingerprint density at radius 3 is 2.33 bits per heavy atom. The lowest BCUT2D eigenvalue weighted by atomic mass is 10.0. The molecule has 1 aliphatic heterocycles. The van der Waals surface area contributed by atoms with Gasteiger partial charge in [-0.05, 0) is 30.5 Å². The van der Waals surface area contributed by atoms with E-state index in [0.29, 0.717) is 0 Å². The lowest BCUT2D eigenvalue weighted by Gasteiger charge is -2.27. The molecule has 0 bridgehead atoms. The summed E-state index contributed by atoms with van der Waals surface area (Å²) in [6.07, 6.45) is 2.11. The first-order chi connectivity index (χ1) is 8.69. The van der Waals surface area contributed by atoms with Crippen LogP contribution < -0.4 is 11.1 Å². The summed E-state index contributed by atoms with van der Waals surface area (Å²) in [7, 11) is 0. The normalized spacial score (nSPS) is 21.7. The molecule has 1 aliphatic carbocycles. The molecule has 2 fully saturated rings. The smallest absolute Gasteiger partial charge is 0.253 e. The van der Waals surface area contributed by atoms with Gasteiger partial charge in [-0.2, -0.15) is 0 Å². The van der Waals surface area contributed by atoms with Gasteiger partial charge in [-0.15, -0.1) is 0 Å². The summed E-state index contributed by atoms with van der Waals surface area (Å²) >= 11 is 0. The van der Waals surface area contributed by atoms with Crippen LogP contribution in [0.1, 0.15) is 28.8 Å². The molecular weight excluding hydrogens is 226 g/mol. The molecule has 18 heavy (non-hydrogen) atoms. The molecule has 0 spiro atoms. The topological polar surface area (TPSA) is 58.4 Å². The summed E-state index contributed by atoms with van der Waals surface area (Å²) < 4.78 is 0. The van der Waals surface area contributed by atoms with E-state index >= 15 is 0 Å². The number of carbonyl (C=O) groups is 1. The van der Waals surface area contributed by atoms with Crippen molar-refractivity contribution in [2.45, 2.75) is 18.4 Å². The molecule has 1 saturated heterocycles. The number of benzene rings is 1. The van der Waals surface area contributed by atoms with Crippen molar-refractivity contribution in [1.82, 2.24) is 10.2 Å². The number of hydrogen-bond donors (Lipinski definition) is 2. The lowest BCUT2D eigenvalue weighted by Crippen LogP contribution is -2.46. The van der Waals surface area contributed by atoms with Gasteiger partial charge >= 0.3 is 0 Å². The van der Waals surface area contributed by atoms with Gasteiger partial charge in [-0.1, -0.05) is 12.1 Å². The zero-order valence-electron chi connectivity index (χ0n) is 10.5. The Bertz CT molecular complexity index is 445. The predicted molar refractivity (Wildman–Crippen MR) is 70.3 cm³/mol. The third-order valence-electron chi connectivity index (χ3n) is 3.90. The Morgan fingerprint density at radius 2 is 1.78 bits per heavy atom. The van der Waals surface area contributed by atoms with Gasteiger partial charge in [0.1, 0.15) is 0 Å². The highest BCUT2D eigenvalue weighted by Gasteiger charge is 2.39. The maximum Gasteiger partial charge on any atom is 0.253 e. The van der Waals surface area contributed by atoms with Gasteiger partial charge in [0, 0.05) is 37.3 Å². The average Bonchev–Trinajstić information content (AvgIpc) is 3.18. The summed E-state index contributed by atoms with van der Waals surface area (Å²) in [5.74, 6) is 0.130. The second-order valence-corrected chi connectivity index (χ2v) is 5.28. The van der Waals surface area contributed by atoms with Crippen molar-refractivity contribution >= 4 is 5.91 Å². The van der Waals surface area contributed by atoms with Crippen LogP contribution in [-0.2, 0) is 5.54 Å². The molecule has 0 atom stereocenters. The van der Waals surface area contributed by atoms with Crippen LogP contribution >= 0.6 is 0 Å². The molecule has 3 N–H and O–H groups in total. The van der Waals surface area contributed by atoms with Crippen LogP contribution in [0.4, 0.5) is 0 Å². The van der Waals surface area contributed by atoms with Crippen molar-refractivity contribution < 1.29 is 4.79 Å². The molecule has 1 saturated carbocycles. The molecule has 96 valence electrons. The van der Waals surface area contributed by atoms with Crippen LogP contribution in [0.5, 0.6) is 0 Å². The largest absolute Gasteiger partial charge is 0.336 e. The van der Waals surface area contributed by atoms with E-state index in [1.807, 2.05) is 29.2 Å². The quantitative estimate of drug-likeness (QED) is 0.805. The summed E-state index contributed by atoms with van der Waals surface area (Å²) in [6.45, 7) is 3.36. The Balaban J connectivity index is 1.73. The summed E-state index contributed by atoms with van der Waals surface area (Å²) in [6, 6.07) is 7.82. The number of nitrogens with zero attached hydrogens (tertiary/aromatic N) is 1. The highest BCUT2D eigenvalue weighted by atomic mass is 16.2. The minimum atomic E-state index is -0.114. The minimum Gasteiger partial charge on any atom is -0.336 e. The van der Waals surface area contributed by atoms with Gasteiger partial charge in [-0.3, -0.25) is 4.79 Å². The van der Waals surface area contributed by atoms with Crippen LogP contribution in [0, 0.1) is 0 Å². The van der Waals surface area contributed by atoms with E-state index in [1.54, 1.807) is 0 Å². The standard InChI is InChI=1S/C14H19N3O/c15-14(5-6-14)12-3-1-11(2-4-12)13(18)17-9-7-16-8-10-17/h1-4,16H,5-10,15H2. The van der Waals surface area contributed by atoms with E-state index < -0.39 is 0 Å². The SMILES string of the molecule is NC1(c2ccc(C(=O)N3CCNCC3)cc2)CC1.